The molecule has 3 aromatic heterocycles. The maximum Gasteiger partial charge on any atom is 0.377 e. The van der Waals surface area contributed by atoms with Crippen molar-refractivity contribution in [3.63, 3.8) is 0 Å². The number of aromatic nitrogens is 3. The van der Waals surface area contributed by atoms with E-state index in [4.69, 9.17) is 14.0 Å². The van der Waals surface area contributed by atoms with Crippen molar-refractivity contribution in [3.05, 3.63) is 77.3 Å². The van der Waals surface area contributed by atoms with Gasteiger partial charge in [-0.1, -0.05) is 5.16 Å². The molecular formula is C29H29N5O5. The predicted octanol–water partition coefficient (Wildman–Crippen LogP) is 4.99. The predicted molar refractivity (Wildman–Crippen MR) is 146 cm³/mol. The number of fused-ring (bicyclic) bond motifs is 2. The Labute approximate surface area is 226 Å². The van der Waals surface area contributed by atoms with E-state index in [1.54, 1.807) is 37.3 Å². The molecule has 1 aromatic carbocycles. The van der Waals surface area contributed by atoms with Crippen LogP contribution in [0, 0.1) is 6.92 Å². The molecule has 200 valence electrons. The van der Waals surface area contributed by atoms with Crippen molar-refractivity contribution in [3.8, 4) is 17.0 Å². The van der Waals surface area contributed by atoms with Crippen molar-refractivity contribution in [1.29, 1.82) is 0 Å². The molecule has 39 heavy (non-hydrogen) atoms. The highest BCUT2D eigenvalue weighted by atomic mass is 16.6. The van der Waals surface area contributed by atoms with Gasteiger partial charge in [0, 0.05) is 44.0 Å². The SMILES string of the molecule is CCOC(=O)c1cc(-c2ccc(OCCc3cnc4c(c3)C(=O)N(C)c3cccnc3N4CC)c(C)c2)no1. The molecule has 0 saturated carbocycles. The molecular weight excluding hydrogens is 498 g/mol. The van der Waals surface area contributed by atoms with Gasteiger partial charge in [-0.2, -0.15) is 0 Å². The number of esters is 1. The van der Waals surface area contributed by atoms with Gasteiger partial charge in [0.15, 0.2) is 5.82 Å². The van der Waals surface area contributed by atoms with Crippen molar-refractivity contribution in [2.24, 2.45) is 0 Å². The standard InChI is InChI=1S/C29H29N5O5/c1-5-34-26-21(28(35)33(4)23-8-7-12-30-27(23)34)15-19(17-31-26)11-13-38-24-10-9-20(14-18(24)3)22-16-25(39-32-22)29(36)37-6-2/h7-10,12,14-17H,5-6,11,13H2,1-4H3. The fourth-order valence-electron chi connectivity index (χ4n) is 4.52. The summed E-state index contributed by atoms with van der Waals surface area (Å²) in [6, 6.07) is 12.8. The Balaban J connectivity index is 1.28. The van der Waals surface area contributed by atoms with Crippen molar-refractivity contribution < 1.29 is 23.6 Å². The minimum Gasteiger partial charge on any atom is -0.493 e. The lowest BCUT2D eigenvalue weighted by molar-refractivity contribution is 0.0479. The van der Waals surface area contributed by atoms with Gasteiger partial charge in [-0.05, 0) is 68.3 Å². The van der Waals surface area contributed by atoms with Gasteiger partial charge in [-0.3, -0.25) is 4.79 Å². The summed E-state index contributed by atoms with van der Waals surface area (Å²) in [6.07, 6.45) is 4.08. The van der Waals surface area contributed by atoms with Gasteiger partial charge in [0.2, 0.25) is 5.76 Å². The number of amides is 1. The van der Waals surface area contributed by atoms with E-state index in [9.17, 15) is 9.59 Å². The summed E-state index contributed by atoms with van der Waals surface area (Å²) in [4.78, 5) is 37.9. The summed E-state index contributed by atoms with van der Waals surface area (Å²) in [6.45, 7) is 6.97. The van der Waals surface area contributed by atoms with E-state index < -0.39 is 5.97 Å². The number of anilines is 3. The molecule has 0 unspecified atom stereocenters. The normalized spacial score (nSPS) is 12.6. The number of nitrogens with zero attached hydrogens (tertiary/aromatic N) is 5. The third-order valence-electron chi connectivity index (χ3n) is 6.52. The van der Waals surface area contributed by atoms with E-state index >= 15 is 0 Å². The molecule has 0 bridgehead atoms. The lowest BCUT2D eigenvalue weighted by Crippen LogP contribution is -2.25. The number of carbonyl (C=O) groups excluding carboxylic acids is 2. The Hall–Kier alpha value is -4.73. The fraction of sp³-hybridized carbons (Fsp3) is 0.276. The number of ether oxygens (including phenoxy) is 2. The molecule has 1 aliphatic rings. The van der Waals surface area contributed by atoms with Crippen molar-refractivity contribution >= 4 is 29.2 Å². The molecule has 0 atom stereocenters. The van der Waals surface area contributed by atoms with Gasteiger partial charge in [-0.25, -0.2) is 14.8 Å². The molecule has 1 amide bonds. The highest BCUT2D eigenvalue weighted by Gasteiger charge is 2.30. The molecule has 5 rings (SSSR count). The molecule has 1 aliphatic heterocycles. The zero-order chi connectivity index (χ0) is 27.5. The Morgan fingerprint density at radius 1 is 1.08 bits per heavy atom. The maximum absolute atomic E-state index is 13.3. The molecule has 4 heterocycles. The van der Waals surface area contributed by atoms with Gasteiger partial charge in [0.05, 0.1) is 24.5 Å². The Kier molecular flexibility index (Phi) is 7.27. The van der Waals surface area contributed by atoms with Gasteiger partial charge in [0.1, 0.15) is 17.3 Å². The van der Waals surface area contributed by atoms with Gasteiger partial charge >= 0.3 is 5.97 Å². The minimum absolute atomic E-state index is 0.0612. The second-order valence-electron chi connectivity index (χ2n) is 9.04. The first-order valence-corrected chi connectivity index (χ1v) is 12.8. The van der Waals surface area contributed by atoms with Crippen LogP contribution in [0.4, 0.5) is 17.3 Å². The van der Waals surface area contributed by atoms with Crippen LogP contribution in [0.25, 0.3) is 11.3 Å². The third kappa shape index (κ3) is 5.05. The monoisotopic (exact) mass is 527 g/mol. The molecule has 0 spiro atoms. The maximum atomic E-state index is 13.3. The first-order chi connectivity index (χ1) is 18.9. The van der Waals surface area contributed by atoms with Gasteiger partial charge in [0.25, 0.3) is 5.91 Å². The number of pyridine rings is 2. The molecule has 0 fully saturated rings. The topological polar surface area (TPSA) is 111 Å². The molecule has 10 heteroatoms. The summed E-state index contributed by atoms with van der Waals surface area (Å²) in [5.41, 5.74) is 4.42. The molecule has 0 N–H and O–H groups in total. The number of benzene rings is 1. The van der Waals surface area contributed by atoms with Crippen LogP contribution < -0.4 is 14.5 Å². The number of hydrogen-bond donors (Lipinski definition) is 0. The molecule has 0 radical (unpaired) electrons. The summed E-state index contributed by atoms with van der Waals surface area (Å²) in [7, 11) is 1.75. The summed E-state index contributed by atoms with van der Waals surface area (Å²) in [5, 5.41) is 3.98. The average Bonchev–Trinajstić information content (AvgIpc) is 3.42. The highest BCUT2D eigenvalue weighted by Crippen LogP contribution is 2.37. The van der Waals surface area contributed by atoms with Crippen LogP contribution in [-0.4, -0.2) is 53.8 Å². The van der Waals surface area contributed by atoms with Crippen LogP contribution in [0.2, 0.25) is 0 Å². The number of carbonyl (C=O) groups is 2. The largest absolute Gasteiger partial charge is 0.493 e. The van der Waals surface area contributed by atoms with E-state index in [1.165, 1.54) is 0 Å². The molecule has 0 saturated heterocycles. The van der Waals surface area contributed by atoms with Crippen molar-refractivity contribution in [2.75, 3.05) is 36.6 Å². The first-order valence-electron chi connectivity index (χ1n) is 12.8. The molecule has 4 aromatic rings. The Morgan fingerprint density at radius 2 is 1.92 bits per heavy atom. The van der Waals surface area contributed by atoms with Crippen LogP contribution in [0.1, 0.15) is 45.9 Å². The minimum atomic E-state index is -0.544. The van der Waals surface area contributed by atoms with Crippen molar-refractivity contribution in [2.45, 2.75) is 27.2 Å². The van der Waals surface area contributed by atoms with E-state index in [1.807, 2.05) is 55.1 Å². The zero-order valence-corrected chi connectivity index (χ0v) is 22.3. The third-order valence-corrected chi connectivity index (χ3v) is 6.52. The van der Waals surface area contributed by atoms with Crippen LogP contribution in [0.5, 0.6) is 5.75 Å². The quantitative estimate of drug-likeness (QED) is 0.293. The highest BCUT2D eigenvalue weighted by molar-refractivity contribution is 6.12. The number of aryl methyl sites for hydroxylation is 1. The van der Waals surface area contributed by atoms with Gasteiger partial charge < -0.3 is 23.8 Å². The molecule has 10 nitrogen and oxygen atoms in total. The summed E-state index contributed by atoms with van der Waals surface area (Å²) < 4.78 is 16.1. The Morgan fingerprint density at radius 3 is 2.69 bits per heavy atom. The van der Waals surface area contributed by atoms with Crippen molar-refractivity contribution in [1.82, 2.24) is 15.1 Å². The van der Waals surface area contributed by atoms with E-state index in [-0.39, 0.29) is 18.3 Å². The van der Waals surface area contributed by atoms with E-state index in [0.717, 1.165) is 28.1 Å². The van der Waals surface area contributed by atoms with Crippen LogP contribution in [-0.2, 0) is 11.2 Å². The van der Waals surface area contributed by atoms with E-state index in [0.29, 0.717) is 42.5 Å². The zero-order valence-electron chi connectivity index (χ0n) is 22.3. The summed E-state index contributed by atoms with van der Waals surface area (Å²) in [5.74, 6) is 1.42. The van der Waals surface area contributed by atoms with Crippen LogP contribution in [0.15, 0.2) is 59.4 Å². The van der Waals surface area contributed by atoms with Crippen LogP contribution in [0.3, 0.4) is 0 Å². The summed E-state index contributed by atoms with van der Waals surface area (Å²) >= 11 is 0. The number of rotatable bonds is 8. The molecule has 0 aliphatic carbocycles. The fourth-order valence-corrected chi connectivity index (χ4v) is 4.52. The lowest BCUT2D eigenvalue weighted by Gasteiger charge is -2.22. The van der Waals surface area contributed by atoms with E-state index in [2.05, 4.69) is 15.1 Å². The number of hydrogen-bond acceptors (Lipinski definition) is 9. The first kappa shape index (κ1) is 25.9. The smallest absolute Gasteiger partial charge is 0.377 e. The Bertz CT molecular complexity index is 1530. The average molecular weight is 528 g/mol. The second kappa shape index (κ2) is 10.9. The second-order valence-corrected chi connectivity index (χ2v) is 9.04. The van der Waals surface area contributed by atoms with Gasteiger partial charge in [-0.15, -0.1) is 0 Å². The lowest BCUT2D eigenvalue weighted by atomic mass is 10.1. The van der Waals surface area contributed by atoms with Crippen LogP contribution >= 0.6 is 0 Å².